The molecule has 1 atom stereocenters. The molecule has 4 rings (SSSR count). The van der Waals surface area contributed by atoms with Gasteiger partial charge in [0.25, 0.3) is 0 Å². The first kappa shape index (κ1) is 16.5. The molecule has 1 aliphatic heterocycles. The molecule has 0 radical (unpaired) electrons. The van der Waals surface area contributed by atoms with Gasteiger partial charge in [-0.1, -0.05) is 42.5 Å². The van der Waals surface area contributed by atoms with Gasteiger partial charge in [0.05, 0.1) is 5.52 Å². The van der Waals surface area contributed by atoms with Crippen molar-refractivity contribution >= 4 is 22.6 Å². The minimum atomic E-state index is 0.166. The van der Waals surface area contributed by atoms with Crippen LogP contribution in [0.25, 0.3) is 22.3 Å². The van der Waals surface area contributed by atoms with Gasteiger partial charge in [-0.2, -0.15) is 0 Å². The molecule has 2 aromatic carbocycles. The van der Waals surface area contributed by atoms with Gasteiger partial charge in [-0.3, -0.25) is 4.79 Å². The highest BCUT2D eigenvalue weighted by Gasteiger charge is 2.23. The summed E-state index contributed by atoms with van der Waals surface area (Å²) in [6.07, 6.45) is 2.80. The Kier molecular flexibility index (Phi) is 4.78. The van der Waals surface area contributed by atoms with Crippen LogP contribution in [0.5, 0.6) is 0 Å². The number of fused-ring (bicyclic) bond motifs is 1. The van der Waals surface area contributed by atoms with Crippen molar-refractivity contribution in [1.29, 1.82) is 0 Å². The van der Waals surface area contributed by atoms with Crippen molar-refractivity contribution < 1.29 is 4.79 Å². The van der Waals surface area contributed by atoms with E-state index >= 15 is 0 Å². The Balaban J connectivity index is 1.52. The monoisotopic (exact) mass is 346 g/mol. The van der Waals surface area contributed by atoms with Gasteiger partial charge in [0, 0.05) is 30.0 Å². The van der Waals surface area contributed by atoms with E-state index in [-0.39, 0.29) is 11.8 Å². The molecule has 1 fully saturated rings. The number of rotatable bonds is 6. The van der Waals surface area contributed by atoms with Crippen LogP contribution in [0.1, 0.15) is 19.3 Å². The summed E-state index contributed by atoms with van der Waals surface area (Å²) in [5, 5.41) is 7.37. The second kappa shape index (κ2) is 7.52. The lowest BCUT2D eigenvalue weighted by atomic mass is 10.0. The van der Waals surface area contributed by atoms with Gasteiger partial charge in [-0.05, 0) is 31.4 Å². The van der Waals surface area contributed by atoms with Crippen LogP contribution in [-0.2, 0) is 4.79 Å². The fraction of sp³-hybridized carbons (Fsp3) is 0.286. The van der Waals surface area contributed by atoms with E-state index in [4.69, 9.17) is 9.97 Å². The van der Waals surface area contributed by atoms with Gasteiger partial charge in [0.1, 0.15) is 5.82 Å². The Labute approximate surface area is 152 Å². The SMILES string of the molecule is O=C1NCCC1CCCNc1nc(-c2ccccc2)nc2ccccc12. The van der Waals surface area contributed by atoms with Crippen molar-refractivity contribution in [1.82, 2.24) is 15.3 Å². The lowest BCUT2D eigenvalue weighted by Crippen LogP contribution is -2.19. The van der Waals surface area contributed by atoms with E-state index in [1.807, 2.05) is 54.6 Å². The van der Waals surface area contributed by atoms with E-state index in [0.717, 1.165) is 60.5 Å². The van der Waals surface area contributed by atoms with Gasteiger partial charge in [-0.15, -0.1) is 0 Å². The standard InChI is InChI=1S/C21H22N4O/c26-21-16(12-14-23-21)9-6-13-22-20-17-10-4-5-11-18(17)24-19(25-20)15-7-2-1-3-8-15/h1-5,7-8,10-11,16H,6,9,12-14H2,(H,23,26)(H,22,24,25). The van der Waals surface area contributed by atoms with E-state index in [2.05, 4.69) is 10.6 Å². The van der Waals surface area contributed by atoms with Crippen LogP contribution >= 0.6 is 0 Å². The van der Waals surface area contributed by atoms with Crippen LogP contribution in [0, 0.1) is 5.92 Å². The number of aromatic nitrogens is 2. The molecule has 1 amide bonds. The number of anilines is 1. The summed E-state index contributed by atoms with van der Waals surface area (Å²) >= 11 is 0. The Morgan fingerprint density at radius 3 is 2.65 bits per heavy atom. The van der Waals surface area contributed by atoms with E-state index < -0.39 is 0 Å². The van der Waals surface area contributed by atoms with Crippen LogP contribution < -0.4 is 10.6 Å². The number of nitrogens with one attached hydrogen (secondary N) is 2. The number of nitrogens with zero attached hydrogens (tertiary/aromatic N) is 2. The zero-order valence-electron chi connectivity index (χ0n) is 14.6. The van der Waals surface area contributed by atoms with E-state index in [1.54, 1.807) is 0 Å². The molecule has 3 aromatic rings. The van der Waals surface area contributed by atoms with Crippen LogP contribution in [0.3, 0.4) is 0 Å². The molecule has 1 aliphatic rings. The highest BCUT2D eigenvalue weighted by atomic mass is 16.2. The second-order valence-corrected chi connectivity index (χ2v) is 6.62. The van der Waals surface area contributed by atoms with Crippen molar-refractivity contribution in [2.24, 2.45) is 5.92 Å². The summed E-state index contributed by atoms with van der Waals surface area (Å²) in [5.41, 5.74) is 1.93. The van der Waals surface area contributed by atoms with Crippen LogP contribution in [0.4, 0.5) is 5.82 Å². The number of benzene rings is 2. The molecule has 1 saturated heterocycles. The molecule has 5 heteroatoms. The fourth-order valence-electron chi connectivity index (χ4n) is 3.40. The molecule has 0 saturated carbocycles. The maximum Gasteiger partial charge on any atom is 0.223 e. The molecule has 2 N–H and O–H groups in total. The third-order valence-electron chi connectivity index (χ3n) is 4.82. The molecule has 132 valence electrons. The van der Waals surface area contributed by atoms with Crippen molar-refractivity contribution in [2.45, 2.75) is 19.3 Å². The Hall–Kier alpha value is -2.95. The number of hydrogen-bond acceptors (Lipinski definition) is 4. The zero-order chi connectivity index (χ0) is 17.8. The molecule has 26 heavy (non-hydrogen) atoms. The third-order valence-corrected chi connectivity index (χ3v) is 4.82. The summed E-state index contributed by atoms with van der Waals surface area (Å²) in [7, 11) is 0. The number of hydrogen-bond donors (Lipinski definition) is 2. The molecular formula is C21H22N4O. The average Bonchev–Trinajstić information content (AvgIpc) is 3.10. The third kappa shape index (κ3) is 3.52. The highest BCUT2D eigenvalue weighted by molar-refractivity contribution is 5.90. The fourth-order valence-corrected chi connectivity index (χ4v) is 3.40. The van der Waals surface area contributed by atoms with E-state index in [9.17, 15) is 4.79 Å². The van der Waals surface area contributed by atoms with Crippen molar-refractivity contribution in [3.8, 4) is 11.4 Å². The van der Waals surface area contributed by atoms with Crippen LogP contribution in [-0.4, -0.2) is 29.0 Å². The van der Waals surface area contributed by atoms with Gasteiger partial charge >= 0.3 is 0 Å². The molecule has 1 unspecified atom stereocenters. The summed E-state index contributed by atoms with van der Waals surface area (Å²) in [6, 6.07) is 18.1. The molecule has 0 aliphatic carbocycles. The largest absolute Gasteiger partial charge is 0.369 e. The Morgan fingerprint density at radius 1 is 1.04 bits per heavy atom. The number of carbonyl (C=O) groups excluding carboxylic acids is 1. The van der Waals surface area contributed by atoms with Crippen molar-refractivity contribution in [3.05, 3.63) is 54.6 Å². The van der Waals surface area contributed by atoms with Crippen LogP contribution in [0.15, 0.2) is 54.6 Å². The lowest BCUT2D eigenvalue weighted by molar-refractivity contribution is -0.122. The average molecular weight is 346 g/mol. The number of para-hydroxylation sites is 1. The van der Waals surface area contributed by atoms with Gasteiger partial charge in [-0.25, -0.2) is 9.97 Å². The van der Waals surface area contributed by atoms with Gasteiger partial charge in [0.15, 0.2) is 5.82 Å². The lowest BCUT2D eigenvalue weighted by Gasteiger charge is -2.12. The minimum absolute atomic E-state index is 0.166. The minimum Gasteiger partial charge on any atom is -0.369 e. The maximum absolute atomic E-state index is 11.7. The Bertz CT molecular complexity index is 910. The normalized spacial score (nSPS) is 16.6. The predicted molar refractivity (Wildman–Crippen MR) is 104 cm³/mol. The first-order valence-corrected chi connectivity index (χ1v) is 9.15. The van der Waals surface area contributed by atoms with Gasteiger partial charge < -0.3 is 10.6 Å². The zero-order valence-corrected chi connectivity index (χ0v) is 14.6. The summed E-state index contributed by atoms with van der Waals surface area (Å²) in [4.78, 5) is 21.1. The summed E-state index contributed by atoms with van der Waals surface area (Å²) in [5.74, 6) is 1.94. The van der Waals surface area contributed by atoms with Crippen molar-refractivity contribution in [2.75, 3.05) is 18.4 Å². The topological polar surface area (TPSA) is 66.9 Å². The van der Waals surface area contributed by atoms with Crippen molar-refractivity contribution in [3.63, 3.8) is 0 Å². The molecule has 1 aromatic heterocycles. The molecule has 5 nitrogen and oxygen atoms in total. The summed E-state index contributed by atoms with van der Waals surface area (Å²) in [6.45, 7) is 1.60. The van der Waals surface area contributed by atoms with E-state index in [0.29, 0.717) is 0 Å². The first-order valence-electron chi connectivity index (χ1n) is 9.15. The predicted octanol–water partition coefficient (Wildman–Crippen LogP) is 3.63. The highest BCUT2D eigenvalue weighted by Crippen LogP contribution is 2.25. The smallest absolute Gasteiger partial charge is 0.223 e. The number of carbonyl (C=O) groups is 1. The molecule has 0 bridgehead atoms. The molecular weight excluding hydrogens is 324 g/mol. The summed E-state index contributed by atoms with van der Waals surface area (Å²) < 4.78 is 0. The van der Waals surface area contributed by atoms with E-state index in [1.165, 1.54) is 0 Å². The number of amides is 1. The maximum atomic E-state index is 11.7. The molecule has 0 spiro atoms. The second-order valence-electron chi connectivity index (χ2n) is 6.62. The van der Waals surface area contributed by atoms with Gasteiger partial charge in [0.2, 0.25) is 5.91 Å². The first-order chi connectivity index (χ1) is 12.8. The molecule has 2 heterocycles. The van der Waals surface area contributed by atoms with Crippen LogP contribution in [0.2, 0.25) is 0 Å². The Morgan fingerprint density at radius 2 is 1.85 bits per heavy atom. The quantitative estimate of drug-likeness (QED) is 0.669.